The van der Waals surface area contributed by atoms with Crippen LogP contribution in [0.15, 0.2) is 35.7 Å². The molecule has 104 valence electrons. The molecule has 0 saturated heterocycles. The van der Waals surface area contributed by atoms with Crippen molar-refractivity contribution in [3.63, 3.8) is 0 Å². The van der Waals surface area contributed by atoms with Crippen LogP contribution in [0.5, 0.6) is 0 Å². The van der Waals surface area contributed by atoms with Gasteiger partial charge in [0.15, 0.2) is 0 Å². The van der Waals surface area contributed by atoms with E-state index >= 15 is 0 Å². The van der Waals surface area contributed by atoms with E-state index in [-0.39, 0.29) is 5.24 Å². The lowest BCUT2D eigenvalue weighted by Gasteiger charge is -2.33. The fourth-order valence-electron chi connectivity index (χ4n) is 2.65. The molecule has 3 rings (SSSR count). The van der Waals surface area contributed by atoms with Gasteiger partial charge in [-0.25, -0.2) is 0 Å². The minimum absolute atomic E-state index is 0.378. The molecule has 0 unspecified atom stereocenters. The van der Waals surface area contributed by atoms with E-state index < -0.39 is 6.04 Å². The van der Waals surface area contributed by atoms with E-state index in [1.165, 1.54) is 10.4 Å². The maximum atomic E-state index is 11.9. The smallest absolute Gasteiger partial charge is 0.243 e. The van der Waals surface area contributed by atoms with Crippen molar-refractivity contribution in [3.05, 3.63) is 56.7 Å². The Balaban J connectivity index is 1.93. The number of thiophene rings is 1. The number of nitrogens with zero attached hydrogens (tertiary/aromatic N) is 1. The highest BCUT2D eigenvalue weighted by molar-refractivity contribution is 7.10. The molecule has 1 aliphatic rings. The third-order valence-electron chi connectivity index (χ3n) is 3.62. The first kappa shape index (κ1) is 14.1. The van der Waals surface area contributed by atoms with E-state index in [0.29, 0.717) is 5.02 Å². The summed E-state index contributed by atoms with van der Waals surface area (Å²) in [6.07, 6.45) is 0.956. The molecule has 20 heavy (non-hydrogen) atoms. The summed E-state index contributed by atoms with van der Waals surface area (Å²) in [7, 11) is 0. The van der Waals surface area contributed by atoms with Crippen LogP contribution in [0.1, 0.15) is 22.0 Å². The Hall–Kier alpha value is -0.870. The Morgan fingerprint density at radius 2 is 2.10 bits per heavy atom. The standard InChI is InChI=1S/C15H13Cl2NOS/c16-12-4-2-1-3-11(12)14(15(17)19)18-7-5-13-10(9-18)6-8-20-13/h1-4,6,8,14H,5,7,9H2/t14-/m0/s1. The molecule has 0 bridgehead atoms. The lowest BCUT2D eigenvalue weighted by Crippen LogP contribution is -2.36. The van der Waals surface area contributed by atoms with Crippen LogP contribution in [0, 0.1) is 0 Å². The van der Waals surface area contributed by atoms with Gasteiger partial charge in [-0.15, -0.1) is 11.3 Å². The summed E-state index contributed by atoms with van der Waals surface area (Å²) in [6, 6.07) is 9.05. The van der Waals surface area contributed by atoms with Crippen LogP contribution in [0.4, 0.5) is 0 Å². The van der Waals surface area contributed by atoms with Gasteiger partial charge >= 0.3 is 0 Å². The van der Waals surface area contributed by atoms with Crippen LogP contribution in [-0.2, 0) is 17.8 Å². The molecule has 1 aromatic heterocycles. The van der Waals surface area contributed by atoms with Crippen LogP contribution >= 0.6 is 34.5 Å². The number of hydrogen-bond donors (Lipinski definition) is 0. The van der Waals surface area contributed by atoms with E-state index in [0.717, 1.165) is 25.1 Å². The molecule has 2 nitrogen and oxygen atoms in total. The Morgan fingerprint density at radius 1 is 1.30 bits per heavy atom. The summed E-state index contributed by atoms with van der Waals surface area (Å²) in [4.78, 5) is 15.4. The lowest BCUT2D eigenvalue weighted by molar-refractivity contribution is -0.117. The van der Waals surface area contributed by atoms with Gasteiger partial charge in [0, 0.05) is 23.0 Å². The van der Waals surface area contributed by atoms with Crippen LogP contribution in [0.2, 0.25) is 5.02 Å². The molecular weight excluding hydrogens is 313 g/mol. The van der Waals surface area contributed by atoms with Crippen molar-refractivity contribution in [2.45, 2.75) is 19.0 Å². The molecular formula is C15H13Cl2NOS. The summed E-state index contributed by atoms with van der Waals surface area (Å²) in [6.45, 7) is 1.56. The van der Waals surface area contributed by atoms with Gasteiger partial charge in [-0.1, -0.05) is 29.8 Å². The highest BCUT2D eigenvalue weighted by Gasteiger charge is 2.30. The molecule has 1 atom stereocenters. The van der Waals surface area contributed by atoms with Crippen molar-refractivity contribution in [1.82, 2.24) is 4.90 Å². The molecule has 1 aromatic carbocycles. The number of halogens is 2. The fraction of sp³-hybridized carbons (Fsp3) is 0.267. The van der Waals surface area contributed by atoms with Gasteiger partial charge in [-0.05, 0) is 46.7 Å². The largest absolute Gasteiger partial charge is 0.284 e. The maximum Gasteiger partial charge on any atom is 0.243 e. The average molecular weight is 326 g/mol. The quantitative estimate of drug-likeness (QED) is 0.785. The van der Waals surface area contributed by atoms with Crippen molar-refractivity contribution in [2.24, 2.45) is 0 Å². The molecule has 0 saturated carbocycles. The number of carbonyl (C=O) groups excluding carboxylic acids is 1. The van der Waals surface area contributed by atoms with Crippen molar-refractivity contribution in [2.75, 3.05) is 6.54 Å². The second-order valence-electron chi connectivity index (χ2n) is 4.82. The fourth-order valence-corrected chi connectivity index (χ4v) is 4.03. The van der Waals surface area contributed by atoms with E-state index in [1.807, 2.05) is 18.2 Å². The predicted octanol–water partition coefficient (Wildman–Crippen LogP) is 4.27. The van der Waals surface area contributed by atoms with E-state index in [1.54, 1.807) is 17.4 Å². The van der Waals surface area contributed by atoms with Crippen LogP contribution in [-0.4, -0.2) is 16.7 Å². The highest BCUT2D eigenvalue weighted by Crippen LogP contribution is 2.34. The summed E-state index contributed by atoms with van der Waals surface area (Å²) < 4.78 is 0. The first-order valence-corrected chi connectivity index (χ1v) is 8.03. The SMILES string of the molecule is O=C(Cl)[C@H](c1ccccc1Cl)N1CCc2sccc2C1. The highest BCUT2D eigenvalue weighted by atomic mass is 35.5. The molecule has 0 aliphatic carbocycles. The zero-order chi connectivity index (χ0) is 14.1. The van der Waals surface area contributed by atoms with Crippen LogP contribution < -0.4 is 0 Å². The topological polar surface area (TPSA) is 20.3 Å². The van der Waals surface area contributed by atoms with Gasteiger partial charge in [0.2, 0.25) is 5.24 Å². The Morgan fingerprint density at radius 3 is 2.85 bits per heavy atom. The minimum Gasteiger partial charge on any atom is -0.284 e. The Labute approximate surface area is 131 Å². The number of carbonyl (C=O) groups is 1. The summed E-state index contributed by atoms with van der Waals surface area (Å²) in [5.41, 5.74) is 2.07. The molecule has 1 aliphatic heterocycles. The number of hydrogen-bond acceptors (Lipinski definition) is 3. The van der Waals surface area contributed by atoms with Crippen molar-refractivity contribution >= 4 is 39.8 Å². The van der Waals surface area contributed by atoms with Crippen molar-refractivity contribution in [3.8, 4) is 0 Å². The Kier molecular flexibility index (Phi) is 4.13. The van der Waals surface area contributed by atoms with Gasteiger partial charge in [0.05, 0.1) is 0 Å². The first-order chi connectivity index (χ1) is 9.66. The first-order valence-electron chi connectivity index (χ1n) is 6.40. The monoisotopic (exact) mass is 325 g/mol. The number of benzene rings is 1. The molecule has 2 heterocycles. The third-order valence-corrected chi connectivity index (χ3v) is 5.19. The predicted molar refractivity (Wildman–Crippen MR) is 83.5 cm³/mol. The number of rotatable bonds is 3. The van der Waals surface area contributed by atoms with E-state index in [2.05, 4.69) is 16.3 Å². The van der Waals surface area contributed by atoms with Gasteiger partial charge in [-0.2, -0.15) is 0 Å². The molecule has 5 heteroatoms. The van der Waals surface area contributed by atoms with Crippen LogP contribution in [0.3, 0.4) is 0 Å². The lowest BCUT2D eigenvalue weighted by atomic mass is 10.0. The van der Waals surface area contributed by atoms with Gasteiger partial charge in [0.25, 0.3) is 0 Å². The summed E-state index contributed by atoms with van der Waals surface area (Å²) >= 11 is 13.8. The molecule has 0 amide bonds. The normalized spacial score (nSPS) is 16.7. The molecule has 0 N–H and O–H groups in total. The molecule has 0 radical (unpaired) electrons. The summed E-state index contributed by atoms with van der Waals surface area (Å²) in [5, 5.41) is 2.31. The summed E-state index contributed by atoms with van der Waals surface area (Å²) in [5.74, 6) is 0. The van der Waals surface area contributed by atoms with E-state index in [4.69, 9.17) is 23.2 Å². The van der Waals surface area contributed by atoms with Crippen molar-refractivity contribution < 1.29 is 4.79 Å². The van der Waals surface area contributed by atoms with Gasteiger partial charge in [-0.3, -0.25) is 9.69 Å². The van der Waals surface area contributed by atoms with E-state index in [9.17, 15) is 4.79 Å². The zero-order valence-corrected chi connectivity index (χ0v) is 13.0. The second-order valence-corrected chi connectivity index (χ2v) is 6.60. The zero-order valence-electron chi connectivity index (χ0n) is 10.7. The molecule has 2 aromatic rings. The van der Waals surface area contributed by atoms with Crippen LogP contribution in [0.25, 0.3) is 0 Å². The molecule has 0 spiro atoms. The average Bonchev–Trinajstić information content (AvgIpc) is 2.88. The van der Waals surface area contributed by atoms with Crippen molar-refractivity contribution in [1.29, 1.82) is 0 Å². The maximum absolute atomic E-state index is 11.9. The Bertz CT molecular complexity index is 640. The number of fused-ring (bicyclic) bond motifs is 1. The third kappa shape index (κ3) is 2.63. The molecule has 0 fully saturated rings. The van der Waals surface area contributed by atoms with Gasteiger partial charge in [0.1, 0.15) is 6.04 Å². The minimum atomic E-state index is -0.474. The second kappa shape index (κ2) is 5.86. The van der Waals surface area contributed by atoms with Gasteiger partial charge < -0.3 is 0 Å².